The van der Waals surface area contributed by atoms with Crippen molar-refractivity contribution in [1.29, 1.82) is 0 Å². The van der Waals surface area contributed by atoms with Gasteiger partial charge in [-0.2, -0.15) is 0 Å². The van der Waals surface area contributed by atoms with Crippen LogP contribution in [0.25, 0.3) is 0 Å². The van der Waals surface area contributed by atoms with E-state index in [2.05, 4.69) is 10.6 Å². The fraction of sp³-hybridized carbons (Fsp3) is 0.917. The van der Waals surface area contributed by atoms with Gasteiger partial charge in [0.15, 0.2) is 0 Å². The van der Waals surface area contributed by atoms with Crippen molar-refractivity contribution in [3.8, 4) is 0 Å². The van der Waals surface area contributed by atoms with Crippen molar-refractivity contribution < 1.29 is 9.53 Å². The molecular weight excluding hydrogens is 204 g/mol. The van der Waals surface area contributed by atoms with Crippen molar-refractivity contribution in [2.75, 3.05) is 32.8 Å². The van der Waals surface area contributed by atoms with Crippen LogP contribution < -0.4 is 10.6 Å². The molecule has 0 spiro atoms. The molecule has 2 heterocycles. The lowest BCUT2D eigenvalue weighted by molar-refractivity contribution is -0.125. The van der Waals surface area contributed by atoms with Gasteiger partial charge >= 0.3 is 0 Å². The number of ether oxygens (including phenoxy) is 1. The molecule has 2 rings (SSSR count). The van der Waals surface area contributed by atoms with Crippen LogP contribution in [0.1, 0.15) is 25.7 Å². The Morgan fingerprint density at radius 2 is 2.12 bits per heavy atom. The summed E-state index contributed by atoms with van der Waals surface area (Å²) in [7, 11) is 0. The van der Waals surface area contributed by atoms with Gasteiger partial charge in [-0.3, -0.25) is 4.79 Å². The van der Waals surface area contributed by atoms with Crippen LogP contribution in [0.4, 0.5) is 0 Å². The predicted octanol–water partition coefficient (Wildman–Crippen LogP) is 0.529. The molecule has 92 valence electrons. The molecule has 2 aliphatic heterocycles. The van der Waals surface area contributed by atoms with E-state index in [0.29, 0.717) is 5.92 Å². The van der Waals surface area contributed by atoms with Crippen LogP contribution in [0.2, 0.25) is 0 Å². The molecule has 4 nitrogen and oxygen atoms in total. The van der Waals surface area contributed by atoms with E-state index in [-0.39, 0.29) is 11.8 Å². The van der Waals surface area contributed by atoms with Gasteiger partial charge in [-0.1, -0.05) is 0 Å². The predicted molar refractivity (Wildman–Crippen MR) is 62.1 cm³/mol. The largest absolute Gasteiger partial charge is 0.381 e. The monoisotopic (exact) mass is 226 g/mol. The molecule has 4 heteroatoms. The van der Waals surface area contributed by atoms with Crippen molar-refractivity contribution >= 4 is 5.91 Å². The summed E-state index contributed by atoms with van der Waals surface area (Å²) in [5.41, 5.74) is 0. The highest BCUT2D eigenvalue weighted by atomic mass is 16.5. The van der Waals surface area contributed by atoms with Crippen LogP contribution in [0.15, 0.2) is 0 Å². The molecular formula is C12H22N2O2. The Bertz CT molecular complexity index is 221. The molecule has 1 atom stereocenters. The maximum atomic E-state index is 11.8. The molecule has 2 saturated heterocycles. The summed E-state index contributed by atoms with van der Waals surface area (Å²) in [5, 5.41) is 6.33. The standard InChI is InChI=1S/C12H22N2O2/c15-12(11-2-5-13-6-3-11)14-7-1-10-4-8-16-9-10/h10-11,13H,1-9H2,(H,14,15). The second kappa shape index (κ2) is 6.21. The highest BCUT2D eigenvalue weighted by Gasteiger charge is 2.21. The minimum atomic E-state index is 0.237. The van der Waals surface area contributed by atoms with Gasteiger partial charge in [0.1, 0.15) is 0 Å². The third-order valence-electron chi connectivity index (χ3n) is 3.59. The zero-order valence-corrected chi connectivity index (χ0v) is 9.84. The summed E-state index contributed by atoms with van der Waals surface area (Å²) in [6.07, 6.45) is 4.19. The Hall–Kier alpha value is -0.610. The molecule has 0 aliphatic carbocycles. The summed E-state index contributed by atoms with van der Waals surface area (Å²) >= 11 is 0. The molecule has 0 aromatic heterocycles. The van der Waals surface area contributed by atoms with Crippen molar-refractivity contribution in [3.05, 3.63) is 0 Å². The first-order chi connectivity index (χ1) is 7.86. The highest BCUT2D eigenvalue weighted by Crippen LogP contribution is 2.16. The lowest BCUT2D eigenvalue weighted by atomic mass is 9.97. The third kappa shape index (κ3) is 3.46. The molecule has 0 aromatic carbocycles. The van der Waals surface area contributed by atoms with E-state index in [9.17, 15) is 4.79 Å². The van der Waals surface area contributed by atoms with Crippen molar-refractivity contribution in [1.82, 2.24) is 10.6 Å². The Balaban J connectivity index is 1.59. The summed E-state index contributed by atoms with van der Waals surface area (Å²) in [4.78, 5) is 11.8. The SMILES string of the molecule is O=C(NCCC1CCOC1)C1CCNCC1. The molecule has 2 fully saturated rings. The molecule has 16 heavy (non-hydrogen) atoms. The van der Waals surface area contributed by atoms with Gasteiger partial charge in [0.2, 0.25) is 5.91 Å². The zero-order valence-electron chi connectivity index (χ0n) is 9.84. The normalized spacial score (nSPS) is 26.9. The van der Waals surface area contributed by atoms with Gasteiger partial charge in [0.25, 0.3) is 0 Å². The number of piperidine rings is 1. The average molecular weight is 226 g/mol. The number of hydrogen-bond acceptors (Lipinski definition) is 3. The van der Waals surface area contributed by atoms with Gasteiger partial charge in [-0.25, -0.2) is 0 Å². The van der Waals surface area contributed by atoms with Crippen LogP contribution in [-0.2, 0) is 9.53 Å². The number of amides is 1. The summed E-state index contributed by atoms with van der Waals surface area (Å²) < 4.78 is 5.31. The molecule has 0 aromatic rings. The van der Waals surface area contributed by atoms with Gasteiger partial charge < -0.3 is 15.4 Å². The van der Waals surface area contributed by atoms with Crippen molar-refractivity contribution in [3.63, 3.8) is 0 Å². The smallest absolute Gasteiger partial charge is 0.223 e. The van der Waals surface area contributed by atoms with Crippen LogP contribution in [0, 0.1) is 11.8 Å². The summed E-state index contributed by atoms with van der Waals surface area (Å²) in [5.74, 6) is 1.15. The third-order valence-corrected chi connectivity index (χ3v) is 3.59. The fourth-order valence-corrected chi connectivity index (χ4v) is 2.44. The van der Waals surface area contributed by atoms with Gasteiger partial charge in [-0.05, 0) is 44.7 Å². The first kappa shape index (κ1) is 11.9. The molecule has 1 amide bonds. The highest BCUT2D eigenvalue weighted by molar-refractivity contribution is 5.78. The van der Waals surface area contributed by atoms with E-state index in [4.69, 9.17) is 4.74 Å². The maximum absolute atomic E-state index is 11.8. The number of carbonyl (C=O) groups excluding carboxylic acids is 1. The summed E-state index contributed by atoms with van der Waals surface area (Å²) in [6, 6.07) is 0. The van der Waals surface area contributed by atoms with Crippen LogP contribution >= 0.6 is 0 Å². The zero-order chi connectivity index (χ0) is 11.2. The Kier molecular flexibility index (Phi) is 4.60. The Labute approximate surface area is 97.1 Å². The van der Waals surface area contributed by atoms with Crippen molar-refractivity contribution in [2.45, 2.75) is 25.7 Å². The second-order valence-electron chi connectivity index (χ2n) is 4.83. The Morgan fingerprint density at radius 3 is 2.81 bits per heavy atom. The maximum Gasteiger partial charge on any atom is 0.223 e. The van der Waals surface area contributed by atoms with Gasteiger partial charge in [0.05, 0.1) is 0 Å². The number of hydrogen-bond donors (Lipinski definition) is 2. The number of nitrogens with one attached hydrogen (secondary N) is 2. The molecule has 0 saturated carbocycles. The van der Waals surface area contributed by atoms with E-state index in [0.717, 1.165) is 58.5 Å². The molecule has 2 N–H and O–H groups in total. The molecule has 2 aliphatic rings. The number of carbonyl (C=O) groups is 1. The minimum Gasteiger partial charge on any atom is -0.381 e. The number of rotatable bonds is 4. The summed E-state index contributed by atoms with van der Waals surface area (Å²) in [6.45, 7) is 4.55. The van der Waals surface area contributed by atoms with Gasteiger partial charge in [-0.15, -0.1) is 0 Å². The second-order valence-corrected chi connectivity index (χ2v) is 4.83. The van der Waals surface area contributed by atoms with E-state index >= 15 is 0 Å². The van der Waals surface area contributed by atoms with E-state index in [1.165, 1.54) is 0 Å². The van der Waals surface area contributed by atoms with E-state index in [1.54, 1.807) is 0 Å². The Morgan fingerprint density at radius 1 is 1.31 bits per heavy atom. The molecule has 0 radical (unpaired) electrons. The van der Waals surface area contributed by atoms with E-state index < -0.39 is 0 Å². The van der Waals surface area contributed by atoms with Crippen LogP contribution in [-0.4, -0.2) is 38.8 Å². The van der Waals surface area contributed by atoms with Crippen LogP contribution in [0.3, 0.4) is 0 Å². The average Bonchev–Trinajstić information content (AvgIpc) is 2.83. The molecule has 0 bridgehead atoms. The first-order valence-electron chi connectivity index (χ1n) is 6.42. The van der Waals surface area contributed by atoms with E-state index in [1.807, 2.05) is 0 Å². The lowest BCUT2D eigenvalue weighted by Crippen LogP contribution is -2.38. The van der Waals surface area contributed by atoms with Crippen molar-refractivity contribution in [2.24, 2.45) is 11.8 Å². The molecule has 1 unspecified atom stereocenters. The fourth-order valence-electron chi connectivity index (χ4n) is 2.44. The lowest BCUT2D eigenvalue weighted by Gasteiger charge is -2.22. The van der Waals surface area contributed by atoms with Gasteiger partial charge in [0, 0.05) is 25.7 Å². The first-order valence-corrected chi connectivity index (χ1v) is 6.42. The topological polar surface area (TPSA) is 50.4 Å². The quantitative estimate of drug-likeness (QED) is 0.735. The minimum absolute atomic E-state index is 0.237. The van der Waals surface area contributed by atoms with Crippen LogP contribution in [0.5, 0.6) is 0 Å².